The molecule has 1 aliphatic rings. The minimum atomic E-state index is -4.18. The molecule has 2 heterocycles. The Labute approximate surface area is 180 Å². The number of rotatable bonds is 6. The smallest absolute Gasteiger partial charge is 0.252 e. The highest BCUT2D eigenvalue weighted by Crippen LogP contribution is 2.25. The van der Waals surface area contributed by atoms with Gasteiger partial charge in [0.05, 0.1) is 6.10 Å². The predicted octanol–water partition coefficient (Wildman–Crippen LogP) is 3.65. The van der Waals surface area contributed by atoms with Crippen LogP contribution >= 0.6 is 0 Å². The molecule has 3 aromatic rings. The van der Waals surface area contributed by atoms with E-state index in [0.717, 1.165) is 39.7 Å². The standard InChI is InChI=1S/C23H25FN2O4S/c1-15-10-16(2)19-12-17(23(27)25-21(19)11-15)13-26(14-18-6-5-9-30-18)31(28,29)22-8-4-3-7-20(22)24/h3-4,7-8,10-12,18H,5-6,9,13-14H2,1-2H3,(H,25,27)/t18-/m0/s1. The van der Waals surface area contributed by atoms with Gasteiger partial charge in [-0.1, -0.05) is 18.2 Å². The van der Waals surface area contributed by atoms with Crippen LogP contribution in [0.1, 0.15) is 29.5 Å². The maximum atomic E-state index is 14.4. The normalized spacial score (nSPS) is 17.0. The first-order valence-corrected chi connectivity index (χ1v) is 11.7. The molecular weight excluding hydrogens is 419 g/mol. The van der Waals surface area contributed by atoms with Crippen molar-refractivity contribution >= 4 is 20.9 Å². The number of sulfonamides is 1. The van der Waals surface area contributed by atoms with Crippen molar-refractivity contribution in [2.75, 3.05) is 13.2 Å². The molecule has 164 valence electrons. The van der Waals surface area contributed by atoms with Crippen LogP contribution in [-0.4, -0.2) is 37.0 Å². The highest BCUT2D eigenvalue weighted by molar-refractivity contribution is 7.89. The number of aromatic amines is 1. The van der Waals surface area contributed by atoms with E-state index in [0.29, 0.717) is 17.7 Å². The quantitative estimate of drug-likeness (QED) is 0.629. The van der Waals surface area contributed by atoms with E-state index < -0.39 is 20.7 Å². The van der Waals surface area contributed by atoms with Crippen molar-refractivity contribution in [2.24, 2.45) is 0 Å². The Balaban J connectivity index is 1.77. The molecule has 4 rings (SSSR count). The average Bonchev–Trinajstić information content (AvgIpc) is 3.21. The van der Waals surface area contributed by atoms with Crippen LogP contribution in [0.5, 0.6) is 0 Å². The summed E-state index contributed by atoms with van der Waals surface area (Å²) in [6, 6.07) is 10.9. The van der Waals surface area contributed by atoms with Gasteiger partial charge in [0.25, 0.3) is 5.56 Å². The summed E-state index contributed by atoms with van der Waals surface area (Å²) in [4.78, 5) is 15.2. The molecule has 31 heavy (non-hydrogen) atoms. The van der Waals surface area contributed by atoms with Gasteiger partial charge in [0, 0.05) is 36.2 Å². The zero-order chi connectivity index (χ0) is 22.2. The fourth-order valence-electron chi connectivity index (χ4n) is 4.08. The maximum absolute atomic E-state index is 14.4. The predicted molar refractivity (Wildman–Crippen MR) is 117 cm³/mol. The van der Waals surface area contributed by atoms with Crippen LogP contribution in [0.2, 0.25) is 0 Å². The monoisotopic (exact) mass is 444 g/mol. The van der Waals surface area contributed by atoms with E-state index in [1.54, 1.807) is 6.07 Å². The molecule has 0 saturated carbocycles. The Morgan fingerprint density at radius 1 is 1.19 bits per heavy atom. The van der Waals surface area contributed by atoms with Gasteiger partial charge < -0.3 is 9.72 Å². The van der Waals surface area contributed by atoms with Crippen molar-refractivity contribution in [3.63, 3.8) is 0 Å². The third kappa shape index (κ3) is 4.42. The highest BCUT2D eigenvalue weighted by atomic mass is 32.2. The summed E-state index contributed by atoms with van der Waals surface area (Å²) in [6.07, 6.45) is 1.27. The van der Waals surface area contributed by atoms with Crippen molar-refractivity contribution in [3.8, 4) is 0 Å². The van der Waals surface area contributed by atoms with Gasteiger partial charge in [-0.15, -0.1) is 0 Å². The molecule has 0 unspecified atom stereocenters. The summed E-state index contributed by atoms with van der Waals surface area (Å²) in [7, 11) is -4.18. The second-order valence-corrected chi connectivity index (χ2v) is 9.94. The summed E-state index contributed by atoms with van der Waals surface area (Å²) in [6.45, 7) is 4.34. The van der Waals surface area contributed by atoms with E-state index in [-0.39, 0.29) is 24.8 Å². The van der Waals surface area contributed by atoms with Crippen LogP contribution < -0.4 is 5.56 Å². The number of pyridine rings is 1. The van der Waals surface area contributed by atoms with Gasteiger partial charge in [0.15, 0.2) is 0 Å². The zero-order valence-corrected chi connectivity index (χ0v) is 18.3. The first kappa shape index (κ1) is 21.7. The molecule has 6 nitrogen and oxygen atoms in total. The van der Waals surface area contributed by atoms with Crippen LogP contribution in [0.3, 0.4) is 0 Å². The number of aryl methyl sites for hydroxylation is 2. The van der Waals surface area contributed by atoms with Crippen molar-refractivity contribution < 1.29 is 17.5 Å². The lowest BCUT2D eigenvalue weighted by Crippen LogP contribution is -2.38. The van der Waals surface area contributed by atoms with Gasteiger partial charge in [0.2, 0.25) is 10.0 Å². The number of aromatic nitrogens is 1. The van der Waals surface area contributed by atoms with Crippen LogP contribution in [0.4, 0.5) is 4.39 Å². The molecule has 1 fully saturated rings. The number of nitrogens with zero attached hydrogens (tertiary/aromatic N) is 1. The Bertz CT molecular complexity index is 1280. The minimum Gasteiger partial charge on any atom is -0.377 e. The van der Waals surface area contributed by atoms with E-state index in [2.05, 4.69) is 4.98 Å². The number of hydrogen-bond acceptors (Lipinski definition) is 4. The van der Waals surface area contributed by atoms with Gasteiger partial charge in [-0.25, -0.2) is 12.8 Å². The number of halogens is 1. The number of H-pyrrole nitrogens is 1. The molecule has 1 N–H and O–H groups in total. The first-order chi connectivity index (χ1) is 14.8. The number of nitrogens with one attached hydrogen (secondary N) is 1. The summed E-state index contributed by atoms with van der Waals surface area (Å²) in [5.74, 6) is -0.821. The van der Waals surface area contributed by atoms with Gasteiger partial charge in [0.1, 0.15) is 10.7 Å². The van der Waals surface area contributed by atoms with Gasteiger partial charge >= 0.3 is 0 Å². The minimum absolute atomic E-state index is 0.0566. The van der Waals surface area contributed by atoms with Crippen molar-refractivity contribution in [1.29, 1.82) is 0 Å². The number of benzene rings is 2. The molecular formula is C23H25FN2O4S. The molecule has 1 aromatic heterocycles. The first-order valence-electron chi connectivity index (χ1n) is 10.2. The fourth-order valence-corrected chi connectivity index (χ4v) is 5.59. The summed E-state index contributed by atoms with van der Waals surface area (Å²) < 4.78 is 47.9. The Hall–Kier alpha value is -2.55. The molecule has 1 aliphatic heterocycles. The molecule has 0 spiro atoms. The number of hydrogen-bond donors (Lipinski definition) is 1. The maximum Gasteiger partial charge on any atom is 0.252 e. The van der Waals surface area contributed by atoms with E-state index in [1.165, 1.54) is 18.2 Å². The van der Waals surface area contributed by atoms with Gasteiger partial charge in [-0.2, -0.15) is 4.31 Å². The Morgan fingerprint density at radius 3 is 2.68 bits per heavy atom. The Morgan fingerprint density at radius 2 is 1.97 bits per heavy atom. The van der Waals surface area contributed by atoms with E-state index in [9.17, 15) is 17.6 Å². The van der Waals surface area contributed by atoms with E-state index >= 15 is 0 Å². The largest absolute Gasteiger partial charge is 0.377 e. The third-order valence-corrected chi connectivity index (χ3v) is 7.47. The molecule has 0 bridgehead atoms. The van der Waals surface area contributed by atoms with Gasteiger partial charge in [-0.3, -0.25) is 4.79 Å². The van der Waals surface area contributed by atoms with Crippen molar-refractivity contribution in [3.05, 3.63) is 75.3 Å². The fraction of sp³-hybridized carbons (Fsp3) is 0.348. The summed E-state index contributed by atoms with van der Waals surface area (Å²) in [5, 5.41) is 0.848. The summed E-state index contributed by atoms with van der Waals surface area (Å²) >= 11 is 0. The van der Waals surface area contributed by atoms with Crippen LogP contribution in [0.15, 0.2) is 52.2 Å². The van der Waals surface area contributed by atoms with Crippen LogP contribution in [0, 0.1) is 19.7 Å². The number of ether oxygens (including phenoxy) is 1. The van der Waals surface area contributed by atoms with E-state index in [4.69, 9.17) is 4.74 Å². The molecule has 0 radical (unpaired) electrons. The molecule has 2 aromatic carbocycles. The number of fused-ring (bicyclic) bond motifs is 1. The van der Waals surface area contributed by atoms with Crippen molar-refractivity contribution in [1.82, 2.24) is 9.29 Å². The van der Waals surface area contributed by atoms with Crippen LogP contribution in [0.25, 0.3) is 10.9 Å². The highest BCUT2D eigenvalue weighted by Gasteiger charge is 2.31. The second-order valence-electron chi connectivity index (χ2n) is 8.03. The molecule has 1 atom stereocenters. The molecule has 0 aliphatic carbocycles. The lowest BCUT2D eigenvalue weighted by atomic mass is 10.0. The SMILES string of the molecule is Cc1cc(C)c2cc(CN(C[C@@H]3CCCO3)S(=O)(=O)c3ccccc3F)c(=O)[nH]c2c1. The molecule has 8 heteroatoms. The van der Waals surface area contributed by atoms with Gasteiger partial charge in [-0.05, 0) is 62.1 Å². The van der Waals surface area contributed by atoms with Crippen molar-refractivity contribution in [2.45, 2.75) is 44.2 Å². The molecule has 1 saturated heterocycles. The topological polar surface area (TPSA) is 79.5 Å². The zero-order valence-electron chi connectivity index (χ0n) is 17.5. The summed E-state index contributed by atoms with van der Waals surface area (Å²) in [5.41, 5.74) is 2.65. The molecule has 0 amide bonds. The second kappa shape index (κ2) is 8.53. The van der Waals surface area contributed by atoms with Crippen LogP contribution in [-0.2, 0) is 21.3 Å². The van der Waals surface area contributed by atoms with E-state index in [1.807, 2.05) is 26.0 Å². The third-order valence-electron chi connectivity index (χ3n) is 5.62. The Kier molecular flexibility index (Phi) is 5.96. The lowest BCUT2D eigenvalue weighted by Gasteiger charge is -2.25. The lowest BCUT2D eigenvalue weighted by molar-refractivity contribution is 0.0924. The average molecular weight is 445 g/mol.